The third kappa shape index (κ3) is 3.91. The molecule has 1 N–H and O–H groups in total. The average Bonchev–Trinajstić information content (AvgIpc) is 2.39. The zero-order valence-corrected chi connectivity index (χ0v) is 15.3. The summed E-state index contributed by atoms with van der Waals surface area (Å²) in [5, 5.41) is 2.73. The van der Waals surface area contributed by atoms with Crippen LogP contribution in [0, 0.1) is 5.82 Å². The Morgan fingerprint density at radius 1 is 1.00 bits per heavy atom. The van der Waals surface area contributed by atoms with Gasteiger partial charge in [0, 0.05) is 0 Å². The van der Waals surface area contributed by atoms with E-state index in [2.05, 4.69) is 25.1 Å². The Balaban J connectivity index is 2.53. The minimum absolute atomic E-state index is 0.100. The fourth-order valence-corrected chi connectivity index (χ4v) is 6.04. The summed E-state index contributed by atoms with van der Waals surface area (Å²) < 4.78 is 53.1. The van der Waals surface area contributed by atoms with Crippen molar-refractivity contribution in [2.75, 3.05) is 5.32 Å². The van der Waals surface area contributed by atoms with Crippen LogP contribution in [0.25, 0.3) is 0 Å². The van der Waals surface area contributed by atoms with E-state index in [4.69, 9.17) is 0 Å². The van der Waals surface area contributed by atoms with Crippen LogP contribution in [0.2, 0.25) is 14.8 Å². The van der Waals surface area contributed by atoms with E-state index in [0.29, 0.717) is 0 Å². The van der Waals surface area contributed by atoms with Gasteiger partial charge in [0.2, 0.25) is 0 Å². The van der Waals surface area contributed by atoms with Crippen molar-refractivity contribution in [3.8, 4) is 0 Å². The van der Waals surface area contributed by atoms with Crippen LogP contribution in [-0.2, 0) is 6.18 Å². The fraction of sp³-hybridized carbons (Fsp3) is 0.267. The number of rotatable bonds is 3. The van der Waals surface area contributed by atoms with Gasteiger partial charge in [-0.05, 0) is 0 Å². The summed E-state index contributed by atoms with van der Waals surface area (Å²) in [7, 11) is 0. The summed E-state index contributed by atoms with van der Waals surface area (Å²) >= 11 is -2.72. The van der Waals surface area contributed by atoms with Crippen LogP contribution in [-0.4, -0.2) is 23.4 Å². The number of nitrogens with one attached hydrogen (secondary N) is 1. The Bertz CT molecular complexity index is 678. The zero-order valence-electron chi connectivity index (χ0n) is 12.4. The molecule has 118 valence electrons. The molecule has 0 spiro atoms. The average molecular weight is 419 g/mol. The van der Waals surface area contributed by atoms with Crippen LogP contribution in [0.15, 0.2) is 36.4 Å². The number of hydrogen-bond donors (Lipinski definition) is 1. The van der Waals surface area contributed by atoms with E-state index in [0.717, 1.165) is 9.65 Å². The molecule has 0 unspecified atom stereocenters. The van der Waals surface area contributed by atoms with Crippen molar-refractivity contribution < 1.29 is 17.6 Å². The molecule has 0 radical (unpaired) electrons. The molecule has 1 aromatic heterocycles. The van der Waals surface area contributed by atoms with Gasteiger partial charge in [-0.3, -0.25) is 0 Å². The number of aromatic nitrogens is 1. The Morgan fingerprint density at radius 2 is 1.64 bits per heavy atom. The van der Waals surface area contributed by atoms with E-state index in [1.165, 1.54) is 24.3 Å². The molecular formula is C15H16F4N2Sn. The van der Waals surface area contributed by atoms with E-state index in [-0.39, 0.29) is 11.5 Å². The number of benzene rings is 1. The van der Waals surface area contributed by atoms with Gasteiger partial charge < -0.3 is 0 Å². The Morgan fingerprint density at radius 3 is 2.18 bits per heavy atom. The molecule has 0 saturated carbocycles. The van der Waals surface area contributed by atoms with E-state index in [9.17, 15) is 17.6 Å². The molecule has 0 saturated heterocycles. The van der Waals surface area contributed by atoms with Crippen molar-refractivity contribution in [3.63, 3.8) is 0 Å². The van der Waals surface area contributed by atoms with Crippen LogP contribution in [0.4, 0.5) is 29.1 Å². The summed E-state index contributed by atoms with van der Waals surface area (Å²) in [5.74, 6) is -0.431. The molecule has 2 nitrogen and oxygen atoms in total. The maximum absolute atomic E-state index is 13.7. The van der Waals surface area contributed by atoms with Gasteiger partial charge in [-0.2, -0.15) is 0 Å². The molecule has 0 aliphatic rings. The number of alkyl halides is 3. The molecule has 7 heteroatoms. The summed E-state index contributed by atoms with van der Waals surface area (Å²) in [5.41, 5.74) is -0.864. The SMILES string of the molecule is [CH3][Sn]([CH3])([CH3])[c]1ccc(C(F)(F)F)nc1Nc1ccccc1F. The van der Waals surface area contributed by atoms with Crippen LogP contribution < -0.4 is 8.90 Å². The van der Waals surface area contributed by atoms with Crippen LogP contribution >= 0.6 is 0 Å². The fourth-order valence-electron chi connectivity index (χ4n) is 2.01. The van der Waals surface area contributed by atoms with Crippen molar-refractivity contribution in [3.05, 3.63) is 47.9 Å². The topological polar surface area (TPSA) is 24.9 Å². The number of hydrogen-bond acceptors (Lipinski definition) is 2. The predicted molar refractivity (Wildman–Crippen MR) is 81.9 cm³/mol. The molecule has 0 amide bonds. The Labute approximate surface area is 130 Å². The van der Waals surface area contributed by atoms with Gasteiger partial charge in [0.15, 0.2) is 0 Å². The van der Waals surface area contributed by atoms with Crippen LogP contribution in [0.1, 0.15) is 5.69 Å². The molecular weight excluding hydrogens is 403 g/mol. The first-order chi connectivity index (χ1) is 10.1. The number of anilines is 2. The van der Waals surface area contributed by atoms with Crippen molar-refractivity contribution in [2.45, 2.75) is 21.0 Å². The quantitative estimate of drug-likeness (QED) is 0.585. The van der Waals surface area contributed by atoms with E-state index in [1.807, 2.05) is 0 Å². The van der Waals surface area contributed by atoms with Crippen molar-refractivity contribution in [1.82, 2.24) is 4.98 Å². The Hall–Kier alpha value is -1.31. The number of nitrogens with zero attached hydrogens (tertiary/aromatic N) is 1. The summed E-state index contributed by atoms with van der Waals surface area (Å²) in [4.78, 5) is 9.88. The van der Waals surface area contributed by atoms with Gasteiger partial charge in [0.25, 0.3) is 0 Å². The number of para-hydroxylation sites is 1. The molecule has 0 fully saturated rings. The summed E-state index contributed by atoms with van der Waals surface area (Å²) in [6.07, 6.45) is -4.53. The summed E-state index contributed by atoms with van der Waals surface area (Å²) in [6, 6.07) is 8.30. The second-order valence-electron chi connectivity index (χ2n) is 5.95. The molecule has 1 heterocycles. The van der Waals surface area contributed by atoms with Crippen molar-refractivity contribution in [1.29, 1.82) is 0 Å². The minimum atomic E-state index is -4.53. The molecule has 0 bridgehead atoms. The van der Waals surface area contributed by atoms with Crippen molar-refractivity contribution >= 4 is 33.5 Å². The summed E-state index contributed by atoms with van der Waals surface area (Å²) in [6.45, 7) is 0. The monoisotopic (exact) mass is 420 g/mol. The van der Waals surface area contributed by atoms with Gasteiger partial charge in [0.05, 0.1) is 0 Å². The van der Waals surface area contributed by atoms with E-state index >= 15 is 0 Å². The third-order valence-corrected chi connectivity index (χ3v) is 8.88. The van der Waals surface area contributed by atoms with Gasteiger partial charge in [-0.15, -0.1) is 0 Å². The normalized spacial score (nSPS) is 12.3. The van der Waals surface area contributed by atoms with Crippen LogP contribution in [0.5, 0.6) is 0 Å². The van der Waals surface area contributed by atoms with E-state index in [1.54, 1.807) is 6.07 Å². The molecule has 22 heavy (non-hydrogen) atoms. The molecule has 0 aliphatic carbocycles. The first-order valence-electron chi connectivity index (χ1n) is 6.69. The first kappa shape index (κ1) is 17.0. The van der Waals surface area contributed by atoms with Crippen LogP contribution in [0.3, 0.4) is 0 Å². The Kier molecular flexibility index (Phi) is 4.70. The van der Waals surface area contributed by atoms with Gasteiger partial charge in [-0.1, -0.05) is 0 Å². The van der Waals surface area contributed by atoms with E-state index < -0.39 is 36.1 Å². The molecule has 0 aliphatic heterocycles. The molecule has 0 atom stereocenters. The number of halogens is 4. The van der Waals surface area contributed by atoms with Gasteiger partial charge in [-0.25, -0.2) is 0 Å². The second-order valence-corrected chi connectivity index (χ2v) is 20.3. The van der Waals surface area contributed by atoms with Crippen molar-refractivity contribution in [2.24, 2.45) is 0 Å². The second kappa shape index (κ2) is 6.06. The first-order valence-corrected chi connectivity index (χ1v) is 16.7. The zero-order chi connectivity index (χ0) is 16.5. The predicted octanol–water partition coefficient (Wildman–Crippen LogP) is 4.53. The molecule has 2 rings (SSSR count). The third-order valence-electron chi connectivity index (χ3n) is 3.12. The maximum atomic E-state index is 13.7. The number of pyridine rings is 1. The van der Waals surface area contributed by atoms with Gasteiger partial charge >= 0.3 is 130 Å². The molecule has 2 aromatic rings. The van der Waals surface area contributed by atoms with Gasteiger partial charge in [0.1, 0.15) is 0 Å². The standard InChI is InChI=1S/C12H7F4N2.3CH3.Sn/c13-8-4-1-2-5-9(8)17-11-7-3-6-10(18-11)12(14,15)16;;;;/h1-6H,(H,17,18);3*1H3;. The molecule has 1 aromatic carbocycles.